The molecule has 1 atom stereocenters. The molecule has 0 spiro atoms. The molecule has 0 saturated carbocycles. The van der Waals surface area contributed by atoms with E-state index in [0.29, 0.717) is 5.92 Å². The van der Waals surface area contributed by atoms with Crippen molar-refractivity contribution in [2.24, 2.45) is 10.9 Å². The number of aliphatic imine (C=N–C) groups is 1. The van der Waals surface area contributed by atoms with E-state index in [1.807, 2.05) is 32.3 Å². The summed E-state index contributed by atoms with van der Waals surface area (Å²) in [5.41, 5.74) is 1.12. The van der Waals surface area contributed by atoms with Crippen molar-refractivity contribution in [1.82, 2.24) is 15.1 Å². The minimum absolute atomic E-state index is 0. The smallest absolute Gasteiger partial charge is 0.193 e. The van der Waals surface area contributed by atoms with Crippen molar-refractivity contribution in [3.8, 4) is 0 Å². The molecule has 4 nitrogen and oxygen atoms in total. The van der Waals surface area contributed by atoms with E-state index in [1.54, 1.807) is 0 Å². The largest absolute Gasteiger partial charge is 0.356 e. The molecule has 1 N–H and O–H groups in total. The molecule has 1 unspecified atom stereocenters. The van der Waals surface area contributed by atoms with Crippen LogP contribution in [0.4, 0.5) is 0 Å². The fourth-order valence-electron chi connectivity index (χ4n) is 2.94. The van der Waals surface area contributed by atoms with Gasteiger partial charge in [-0.25, -0.2) is 0 Å². The Labute approximate surface area is 162 Å². The molecule has 0 aromatic heterocycles. The molecular formula is C17H28ClIN4. The fourth-order valence-corrected chi connectivity index (χ4v) is 3.14. The third kappa shape index (κ3) is 6.12. The normalized spacial score (nSPS) is 18.6. The lowest BCUT2D eigenvalue weighted by molar-refractivity contribution is 0.340. The number of benzene rings is 1. The predicted molar refractivity (Wildman–Crippen MR) is 110 cm³/mol. The summed E-state index contributed by atoms with van der Waals surface area (Å²) < 4.78 is 0. The van der Waals surface area contributed by atoms with Crippen LogP contribution >= 0.6 is 35.6 Å². The van der Waals surface area contributed by atoms with Crippen molar-refractivity contribution in [1.29, 1.82) is 0 Å². The highest BCUT2D eigenvalue weighted by Gasteiger charge is 2.21. The first kappa shape index (κ1) is 20.5. The van der Waals surface area contributed by atoms with Crippen molar-refractivity contribution in [3.63, 3.8) is 0 Å². The standard InChI is InChI=1S/C17H27ClN4.HI/c1-4-22-10-9-14(12-22)11-20-17(19-2)21(3)13-15-7-5-6-8-16(15)18;/h5-8,14H,4,9-13H2,1-3H3,(H,19,20);1H. The second-order valence-electron chi connectivity index (χ2n) is 5.92. The Kier molecular flexibility index (Phi) is 9.24. The number of hydrogen-bond acceptors (Lipinski definition) is 2. The lowest BCUT2D eigenvalue weighted by Gasteiger charge is -2.24. The Morgan fingerprint density at radius 1 is 1.43 bits per heavy atom. The van der Waals surface area contributed by atoms with Gasteiger partial charge in [0, 0.05) is 38.8 Å². The average Bonchev–Trinajstić information content (AvgIpc) is 2.98. The van der Waals surface area contributed by atoms with E-state index in [1.165, 1.54) is 19.5 Å². The van der Waals surface area contributed by atoms with Crippen LogP contribution in [0.3, 0.4) is 0 Å². The summed E-state index contributed by atoms with van der Waals surface area (Å²) in [5.74, 6) is 1.64. The molecule has 1 fully saturated rings. The van der Waals surface area contributed by atoms with E-state index in [9.17, 15) is 0 Å². The zero-order valence-corrected chi connectivity index (χ0v) is 17.3. The molecule has 2 rings (SSSR count). The van der Waals surface area contributed by atoms with Crippen molar-refractivity contribution in [2.75, 3.05) is 40.3 Å². The van der Waals surface area contributed by atoms with Gasteiger partial charge in [0.2, 0.25) is 0 Å². The van der Waals surface area contributed by atoms with E-state index in [0.717, 1.165) is 36.2 Å². The van der Waals surface area contributed by atoms with Crippen LogP contribution < -0.4 is 5.32 Å². The van der Waals surface area contributed by atoms with Crippen molar-refractivity contribution in [2.45, 2.75) is 19.9 Å². The number of likely N-dealkylation sites (tertiary alicyclic amines) is 1. The highest BCUT2D eigenvalue weighted by Crippen LogP contribution is 2.17. The van der Waals surface area contributed by atoms with Gasteiger partial charge in [-0.2, -0.15) is 0 Å². The molecule has 130 valence electrons. The first-order chi connectivity index (χ1) is 10.6. The van der Waals surface area contributed by atoms with Crippen molar-refractivity contribution in [3.05, 3.63) is 34.9 Å². The van der Waals surface area contributed by atoms with Crippen LogP contribution in [0.25, 0.3) is 0 Å². The Morgan fingerprint density at radius 3 is 2.78 bits per heavy atom. The molecule has 1 saturated heterocycles. The Bertz CT molecular complexity index is 509. The molecule has 1 aliphatic heterocycles. The maximum atomic E-state index is 6.24. The van der Waals surface area contributed by atoms with E-state index in [4.69, 9.17) is 11.6 Å². The van der Waals surface area contributed by atoms with Gasteiger partial charge in [-0.3, -0.25) is 4.99 Å². The average molecular weight is 451 g/mol. The summed E-state index contributed by atoms with van der Waals surface area (Å²) in [7, 11) is 3.88. The topological polar surface area (TPSA) is 30.9 Å². The molecule has 0 amide bonds. The van der Waals surface area contributed by atoms with Crippen LogP contribution in [-0.2, 0) is 6.54 Å². The zero-order valence-electron chi connectivity index (χ0n) is 14.3. The Morgan fingerprint density at radius 2 is 2.17 bits per heavy atom. The van der Waals surface area contributed by atoms with Gasteiger partial charge in [0.15, 0.2) is 5.96 Å². The minimum atomic E-state index is 0. The number of hydrogen-bond donors (Lipinski definition) is 1. The summed E-state index contributed by atoms with van der Waals surface area (Å²) in [4.78, 5) is 9.01. The maximum Gasteiger partial charge on any atom is 0.193 e. The maximum absolute atomic E-state index is 6.24. The van der Waals surface area contributed by atoms with E-state index >= 15 is 0 Å². The molecule has 1 heterocycles. The van der Waals surface area contributed by atoms with Crippen molar-refractivity contribution >= 4 is 41.5 Å². The Balaban J connectivity index is 0.00000264. The van der Waals surface area contributed by atoms with Crippen LogP contribution in [0.15, 0.2) is 29.3 Å². The fraction of sp³-hybridized carbons (Fsp3) is 0.588. The predicted octanol–water partition coefficient (Wildman–Crippen LogP) is 3.31. The summed E-state index contributed by atoms with van der Waals surface area (Å²) in [6, 6.07) is 7.96. The second kappa shape index (κ2) is 10.4. The molecule has 23 heavy (non-hydrogen) atoms. The van der Waals surface area contributed by atoms with Crippen LogP contribution in [0.5, 0.6) is 0 Å². The van der Waals surface area contributed by atoms with E-state index in [2.05, 4.69) is 33.1 Å². The van der Waals surface area contributed by atoms with E-state index in [-0.39, 0.29) is 24.0 Å². The molecular weight excluding hydrogens is 423 g/mol. The van der Waals surface area contributed by atoms with Gasteiger partial charge in [-0.15, -0.1) is 24.0 Å². The third-order valence-corrected chi connectivity index (χ3v) is 4.67. The lowest BCUT2D eigenvalue weighted by Crippen LogP contribution is -2.41. The number of nitrogens with zero attached hydrogens (tertiary/aromatic N) is 3. The first-order valence-electron chi connectivity index (χ1n) is 8.01. The Hall–Kier alpha value is -0.530. The molecule has 0 aliphatic carbocycles. The monoisotopic (exact) mass is 450 g/mol. The van der Waals surface area contributed by atoms with Gasteiger partial charge in [-0.05, 0) is 37.1 Å². The van der Waals surface area contributed by atoms with Gasteiger partial charge >= 0.3 is 0 Å². The first-order valence-corrected chi connectivity index (χ1v) is 8.39. The summed E-state index contributed by atoms with van der Waals surface area (Å²) >= 11 is 6.24. The number of rotatable bonds is 5. The van der Waals surface area contributed by atoms with E-state index < -0.39 is 0 Å². The quantitative estimate of drug-likeness (QED) is 0.424. The third-order valence-electron chi connectivity index (χ3n) is 4.30. The molecule has 1 aromatic carbocycles. The molecule has 0 radical (unpaired) electrons. The van der Waals surface area contributed by atoms with Gasteiger partial charge in [0.05, 0.1) is 0 Å². The molecule has 1 aliphatic rings. The van der Waals surface area contributed by atoms with Crippen LogP contribution in [0.2, 0.25) is 5.02 Å². The van der Waals surface area contributed by atoms with Gasteiger partial charge < -0.3 is 15.1 Å². The lowest BCUT2D eigenvalue weighted by atomic mass is 10.1. The second-order valence-corrected chi connectivity index (χ2v) is 6.33. The number of nitrogens with one attached hydrogen (secondary N) is 1. The summed E-state index contributed by atoms with van der Waals surface area (Å²) in [5, 5.41) is 4.31. The minimum Gasteiger partial charge on any atom is -0.356 e. The highest BCUT2D eigenvalue weighted by atomic mass is 127. The van der Waals surface area contributed by atoms with Crippen LogP contribution in [0, 0.1) is 5.92 Å². The van der Waals surface area contributed by atoms with Gasteiger partial charge in [0.25, 0.3) is 0 Å². The summed E-state index contributed by atoms with van der Waals surface area (Å²) in [6.07, 6.45) is 1.27. The SMILES string of the molecule is CCN1CCC(CNC(=NC)N(C)Cc2ccccc2Cl)C1.I. The van der Waals surface area contributed by atoms with Crippen LogP contribution in [-0.4, -0.2) is 56.0 Å². The van der Waals surface area contributed by atoms with Gasteiger partial charge in [0.1, 0.15) is 0 Å². The van der Waals surface area contributed by atoms with Crippen LogP contribution in [0.1, 0.15) is 18.9 Å². The molecule has 1 aromatic rings. The molecule has 6 heteroatoms. The zero-order chi connectivity index (χ0) is 15.9. The number of halogens is 2. The number of guanidine groups is 1. The highest BCUT2D eigenvalue weighted by molar-refractivity contribution is 14.0. The summed E-state index contributed by atoms with van der Waals surface area (Å²) in [6.45, 7) is 7.52. The van der Waals surface area contributed by atoms with Gasteiger partial charge in [-0.1, -0.05) is 36.7 Å². The van der Waals surface area contributed by atoms with Crippen molar-refractivity contribution < 1.29 is 0 Å². The molecule has 0 bridgehead atoms.